The Morgan fingerprint density at radius 2 is 2.00 bits per heavy atom. The van der Waals surface area contributed by atoms with E-state index in [1.165, 1.54) is 0 Å². The number of nitrogens with zero attached hydrogens (tertiary/aromatic N) is 6. The Bertz CT molecular complexity index is 1060. The molecule has 4 rings (SSSR count). The average Bonchev–Trinajstić information content (AvgIpc) is 2.93. The molecule has 146 valence electrons. The highest BCUT2D eigenvalue weighted by Crippen LogP contribution is 2.17. The first-order valence-electron chi connectivity index (χ1n) is 9.32. The van der Waals surface area contributed by atoms with Crippen molar-refractivity contribution in [3.63, 3.8) is 0 Å². The van der Waals surface area contributed by atoms with Gasteiger partial charge in [-0.2, -0.15) is 0 Å². The van der Waals surface area contributed by atoms with Crippen LogP contribution in [0.5, 0.6) is 0 Å². The smallest absolute Gasteiger partial charge is 0.219 e. The van der Waals surface area contributed by atoms with E-state index < -0.39 is 0 Å². The van der Waals surface area contributed by atoms with Crippen molar-refractivity contribution in [1.82, 2.24) is 24.4 Å². The lowest BCUT2D eigenvalue weighted by Gasteiger charge is -2.28. The summed E-state index contributed by atoms with van der Waals surface area (Å²) in [6.07, 6.45) is 6.27. The fourth-order valence-corrected chi connectivity index (χ4v) is 3.95. The quantitative estimate of drug-likeness (QED) is 0.754. The number of anilines is 1. The van der Waals surface area contributed by atoms with E-state index >= 15 is 0 Å². The van der Waals surface area contributed by atoms with Gasteiger partial charge in [-0.25, -0.2) is 19.9 Å². The van der Waals surface area contributed by atoms with E-state index in [-0.39, 0.29) is 12.0 Å². The van der Waals surface area contributed by atoms with Gasteiger partial charge < -0.3 is 19.9 Å². The van der Waals surface area contributed by atoms with Gasteiger partial charge in [0.15, 0.2) is 4.73 Å². The van der Waals surface area contributed by atoms with Gasteiger partial charge in [-0.05, 0) is 29.3 Å². The SMILES string of the molecule is CCC(C)n1c(Br)nc2c1=C=CC(N1CCOCC1)=NC=2c1cnc(N)nc1. The maximum absolute atomic E-state index is 5.68. The number of aliphatic imine (C=N–C) groups is 1. The van der Waals surface area contributed by atoms with Crippen LogP contribution in [0.25, 0.3) is 11.4 Å². The molecule has 2 aromatic heterocycles. The highest BCUT2D eigenvalue weighted by Gasteiger charge is 2.19. The van der Waals surface area contributed by atoms with Crippen molar-refractivity contribution in [2.45, 2.75) is 26.3 Å². The van der Waals surface area contributed by atoms with Crippen molar-refractivity contribution in [2.24, 2.45) is 4.99 Å². The fraction of sp³-hybridized carbons (Fsp3) is 0.421. The van der Waals surface area contributed by atoms with E-state index in [2.05, 4.69) is 54.9 Å². The molecule has 1 fully saturated rings. The van der Waals surface area contributed by atoms with Gasteiger partial charge in [-0.3, -0.25) is 0 Å². The van der Waals surface area contributed by atoms with Gasteiger partial charge >= 0.3 is 0 Å². The van der Waals surface area contributed by atoms with Crippen LogP contribution in [0.2, 0.25) is 0 Å². The molecule has 0 aliphatic carbocycles. The van der Waals surface area contributed by atoms with Crippen LogP contribution in [0, 0.1) is 0 Å². The molecule has 0 spiro atoms. The van der Waals surface area contributed by atoms with E-state index in [1.54, 1.807) is 12.4 Å². The first-order valence-corrected chi connectivity index (χ1v) is 10.1. The molecule has 9 heteroatoms. The molecule has 1 atom stereocenters. The Labute approximate surface area is 171 Å². The highest BCUT2D eigenvalue weighted by atomic mass is 79.9. The molecule has 0 bridgehead atoms. The maximum atomic E-state index is 5.68. The normalized spacial score (nSPS) is 17.6. The minimum Gasteiger partial charge on any atom is -0.378 e. The number of imidazole rings is 1. The molecule has 28 heavy (non-hydrogen) atoms. The lowest BCUT2D eigenvalue weighted by Crippen LogP contribution is -2.40. The van der Waals surface area contributed by atoms with E-state index in [4.69, 9.17) is 20.4 Å². The Morgan fingerprint density at radius 3 is 2.68 bits per heavy atom. The molecule has 0 amide bonds. The van der Waals surface area contributed by atoms with Gasteiger partial charge in [0.2, 0.25) is 5.95 Å². The van der Waals surface area contributed by atoms with Crippen LogP contribution < -0.4 is 16.4 Å². The van der Waals surface area contributed by atoms with Gasteiger partial charge in [-0.1, -0.05) is 12.7 Å². The summed E-state index contributed by atoms with van der Waals surface area (Å²) in [5.74, 6) is 1.06. The molecule has 0 aromatic carbocycles. The van der Waals surface area contributed by atoms with Gasteiger partial charge in [0.05, 0.1) is 13.2 Å². The van der Waals surface area contributed by atoms with Crippen molar-refractivity contribution in [3.05, 3.63) is 39.5 Å². The lowest BCUT2D eigenvalue weighted by molar-refractivity contribution is 0.0685. The van der Waals surface area contributed by atoms with Crippen molar-refractivity contribution >= 4 is 39.1 Å². The van der Waals surface area contributed by atoms with Crippen molar-refractivity contribution < 1.29 is 4.74 Å². The summed E-state index contributed by atoms with van der Waals surface area (Å²) >= 11 is 3.61. The van der Waals surface area contributed by atoms with Crippen LogP contribution in [0.4, 0.5) is 5.95 Å². The fourth-order valence-electron chi connectivity index (χ4n) is 3.24. The zero-order valence-corrected chi connectivity index (χ0v) is 17.5. The van der Waals surface area contributed by atoms with Gasteiger partial charge in [0, 0.05) is 43.2 Å². The Balaban J connectivity index is 1.98. The second-order valence-corrected chi connectivity index (χ2v) is 7.45. The van der Waals surface area contributed by atoms with E-state index in [9.17, 15) is 0 Å². The number of nitrogen functional groups attached to an aromatic ring is 1. The molecule has 2 N–H and O–H groups in total. The van der Waals surface area contributed by atoms with Crippen molar-refractivity contribution in [2.75, 3.05) is 32.0 Å². The minimum absolute atomic E-state index is 0.228. The Hall–Kier alpha value is -2.48. The number of morpholine rings is 1. The number of amidine groups is 1. The molecule has 2 aliphatic heterocycles. The summed E-state index contributed by atoms with van der Waals surface area (Å²) in [6.45, 7) is 7.25. The molecular formula is C19H22BrN7O. The second-order valence-electron chi connectivity index (χ2n) is 6.74. The lowest BCUT2D eigenvalue weighted by atomic mass is 10.2. The summed E-state index contributed by atoms with van der Waals surface area (Å²) in [7, 11) is 0. The summed E-state index contributed by atoms with van der Waals surface area (Å²) < 4.78 is 8.38. The predicted octanol–water partition coefficient (Wildman–Crippen LogP) is 0.825. The molecule has 4 heterocycles. The molecule has 0 radical (unpaired) electrons. The Kier molecular flexibility index (Phi) is 5.30. The molecule has 1 saturated heterocycles. The number of fused-ring (bicyclic) bond motifs is 1. The molecular weight excluding hydrogens is 422 g/mol. The summed E-state index contributed by atoms with van der Waals surface area (Å²) in [5, 5.41) is 1.64. The average molecular weight is 444 g/mol. The number of aromatic nitrogens is 4. The van der Waals surface area contributed by atoms with E-state index in [0.717, 1.165) is 46.3 Å². The molecule has 8 nitrogen and oxygen atoms in total. The third-order valence-corrected chi connectivity index (χ3v) is 5.53. The first kappa shape index (κ1) is 18.9. The molecule has 1 unspecified atom stereocenters. The number of hydrogen-bond acceptors (Lipinski definition) is 7. The molecule has 2 aromatic rings. The number of rotatable bonds is 3. The van der Waals surface area contributed by atoms with Crippen molar-refractivity contribution in [3.8, 4) is 0 Å². The van der Waals surface area contributed by atoms with E-state index in [1.807, 2.05) is 6.08 Å². The number of halogens is 1. The van der Waals surface area contributed by atoms with Crippen LogP contribution in [-0.2, 0) is 4.74 Å². The van der Waals surface area contributed by atoms with Gasteiger partial charge in [0.1, 0.15) is 22.2 Å². The molecule has 2 aliphatic rings. The zero-order chi connectivity index (χ0) is 19.7. The van der Waals surface area contributed by atoms with Crippen LogP contribution in [0.1, 0.15) is 31.9 Å². The number of nitrogens with two attached hydrogens (primary N) is 1. The predicted molar refractivity (Wildman–Crippen MR) is 111 cm³/mol. The van der Waals surface area contributed by atoms with Crippen LogP contribution in [0.3, 0.4) is 0 Å². The van der Waals surface area contributed by atoms with Gasteiger partial charge in [-0.15, -0.1) is 0 Å². The van der Waals surface area contributed by atoms with Crippen LogP contribution in [-0.4, -0.2) is 56.6 Å². The minimum atomic E-state index is 0.228. The van der Waals surface area contributed by atoms with E-state index in [0.29, 0.717) is 18.9 Å². The number of hydrogen-bond donors (Lipinski definition) is 1. The summed E-state index contributed by atoms with van der Waals surface area (Å²) in [5.41, 5.74) is 10.6. The zero-order valence-electron chi connectivity index (χ0n) is 15.9. The standard InChI is InChI=1S/C19H22BrN7O/c1-3-12(2)27-14-4-5-15(26-6-8-28-9-7-26)24-16(17(14)25-18(27)20)13-10-22-19(21)23-11-13/h5,10-12H,3,6-9H2,1-2H3,(H2,21,22,23). The Morgan fingerprint density at radius 1 is 1.29 bits per heavy atom. The van der Waals surface area contributed by atoms with Crippen molar-refractivity contribution in [1.29, 1.82) is 0 Å². The second kappa shape index (κ2) is 7.87. The molecule has 0 saturated carbocycles. The topological polar surface area (TPSA) is 94.5 Å². The monoisotopic (exact) mass is 443 g/mol. The summed E-state index contributed by atoms with van der Waals surface area (Å²) in [4.78, 5) is 20.2. The summed E-state index contributed by atoms with van der Waals surface area (Å²) in [6, 6.07) is 0.264. The van der Waals surface area contributed by atoms with Crippen LogP contribution >= 0.6 is 15.9 Å². The third kappa shape index (κ3) is 3.48. The first-order chi connectivity index (χ1) is 13.6. The highest BCUT2D eigenvalue weighted by molar-refractivity contribution is 9.10. The number of ether oxygens (including phenoxy) is 1. The largest absolute Gasteiger partial charge is 0.378 e. The van der Waals surface area contributed by atoms with Crippen LogP contribution in [0.15, 0.2) is 28.2 Å². The van der Waals surface area contributed by atoms with Gasteiger partial charge in [0.25, 0.3) is 0 Å². The maximum Gasteiger partial charge on any atom is 0.219 e. The third-order valence-electron chi connectivity index (χ3n) is 4.97.